The van der Waals surface area contributed by atoms with Crippen LogP contribution in [0, 0.1) is 0 Å². The van der Waals surface area contributed by atoms with Gasteiger partial charge < -0.3 is 24.0 Å². The van der Waals surface area contributed by atoms with Gasteiger partial charge in [0.15, 0.2) is 6.29 Å². The average Bonchev–Trinajstić information content (AvgIpc) is 3.29. The Hall–Kier alpha value is -1.79. The Kier molecular flexibility index (Phi) is 4.12. The van der Waals surface area contributed by atoms with Crippen LogP contribution in [0.25, 0.3) is 0 Å². The molecule has 0 saturated carbocycles. The lowest BCUT2D eigenvalue weighted by atomic mass is 10.1. The summed E-state index contributed by atoms with van der Waals surface area (Å²) >= 11 is 0. The zero-order chi connectivity index (χ0) is 17.6. The van der Waals surface area contributed by atoms with E-state index >= 15 is 0 Å². The van der Waals surface area contributed by atoms with E-state index in [9.17, 15) is 4.79 Å². The van der Waals surface area contributed by atoms with Crippen LogP contribution in [0.5, 0.6) is 0 Å². The molecule has 3 fully saturated rings. The van der Waals surface area contributed by atoms with E-state index in [1.54, 1.807) is 0 Å². The maximum atomic E-state index is 12.4. The molecule has 3 aliphatic rings. The first kappa shape index (κ1) is 16.7. The summed E-state index contributed by atoms with van der Waals surface area (Å²) in [6.45, 7) is 8.58. The summed E-state index contributed by atoms with van der Waals surface area (Å²) in [7, 11) is 0. The van der Waals surface area contributed by atoms with Crippen molar-refractivity contribution in [3.63, 3.8) is 0 Å². The number of carbonyl (C=O) groups is 1. The van der Waals surface area contributed by atoms with Gasteiger partial charge >= 0.3 is 6.09 Å². The standard InChI is InChI=1S/C19H26N2O4/c1-19(2,3)25-18(22)21-12-15-10-16(21)11-20(15)14-6-4-5-13(9-14)17-23-7-8-24-17/h4-6,9,15-17H,7-8,10-12H2,1-3H3/t15-,16-/m0/s1. The highest BCUT2D eigenvalue weighted by molar-refractivity contribution is 5.70. The highest BCUT2D eigenvalue weighted by Crippen LogP contribution is 2.36. The summed E-state index contributed by atoms with van der Waals surface area (Å²) in [5.74, 6) is 0. The molecule has 0 aromatic heterocycles. The molecule has 3 saturated heterocycles. The van der Waals surface area contributed by atoms with E-state index < -0.39 is 5.60 Å². The Morgan fingerprint density at radius 3 is 2.56 bits per heavy atom. The van der Waals surface area contributed by atoms with Crippen molar-refractivity contribution in [1.82, 2.24) is 4.90 Å². The Morgan fingerprint density at radius 2 is 1.92 bits per heavy atom. The first-order valence-corrected chi connectivity index (χ1v) is 9.00. The minimum Gasteiger partial charge on any atom is -0.444 e. The zero-order valence-corrected chi connectivity index (χ0v) is 15.1. The summed E-state index contributed by atoms with van der Waals surface area (Å²) < 4.78 is 16.7. The van der Waals surface area contributed by atoms with Gasteiger partial charge in [0.2, 0.25) is 0 Å². The summed E-state index contributed by atoms with van der Waals surface area (Å²) in [5.41, 5.74) is 1.78. The van der Waals surface area contributed by atoms with E-state index in [1.807, 2.05) is 37.8 Å². The number of rotatable bonds is 2. The maximum Gasteiger partial charge on any atom is 0.410 e. The Morgan fingerprint density at radius 1 is 1.16 bits per heavy atom. The Balaban J connectivity index is 1.44. The first-order valence-electron chi connectivity index (χ1n) is 9.00. The van der Waals surface area contributed by atoms with Gasteiger partial charge in [-0.2, -0.15) is 0 Å². The number of carbonyl (C=O) groups excluding carboxylic acids is 1. The van der Waals surface area contributed by atoms with Crippen molar-refractivity contribution in [3.05, 3.63) is 29.8 Å². The van der Waals surface area contributed by atoms with E-state index in [2.05, 4.69) is 17.0 Å². The van der Waals surface area contributed by atoms with Crippen molar-refractivity contribution >= 4 is 11.8 Å². The second kappa shape index (κ2) is 6.18. The van der Waals surface area contributed by atoms with Gasteiger partial charge in [0, 0.05) is 30.4 Å². The number of benzene rings is 1. The molecule has 25 heavy (non-hydrogen) atoms. The topological polar surface area (TPSA) is 51.2 Å². The van der Waals surface area contributed by atoms with Gasteiger partial charge in [0.25, 0.3) is 0 Å². The van der Waals surface area contributed by atoms with E-state index in [1.165, 1.54) is 5.69 Å². The molecule has 1 aromatic carbocycles. The lowest BCUT2D eigenvalue weighted by molar-refractivity contribution is -0.0440. The lowest BCUT2D eigenvalue weighted by Gasteiger charge is -2.36. The number of ether oxygens (including phenoxy) is 3. The van der Waals surface area contributed by atoms with Crippen molar-refractivity contribution in [2.45, 2.75) is 51.2 Å². The number of hydrogen-bond acceptors (Lipinski definition) is 5. The lowest BCUT2D eigenvalue weighted by Crippen LogP contribution is -2.50. The van der Waals surface area contributed by atoms with Crippen LogP contribution in [0.4, 0.5) is 10.5 Å². The summed E-state index contributed by atoms with van der Waals surface area (Å²) in [6, 6.07) is 8.93. The van der Waals surface area contributed by atoms with Crippen molar-refractivity contribution < 1.29 is 19.0 Å². The number of amides is 1. The summed E-state index contributed by atoms with van der Waals surface area (Å²) in [5, 5.41) is 0. The summed E-state index contributed by atoms with van der Waals surface area (Å²) in [4.78, 5) is 16.7. The molecule has 0 N–H and O–H groups in total. The van der Waals surface area contributed by atoms with Crippen LogP contribution in [0.2, 0.25) is 0 Å². The van der Waals surface area contributed by atoms with Gasteiger partial charge in [-0.05, 0) is 39.3 Å². The average molecular weight is 346 g/mol. The molecule has 0 unspecified atom stereocenters. The van der Waals surface area contributed by atoms with E-state index in [0.29, 0.717) is 19.3 Å². The molecule has 4 rings (SSSR count). The monoisotopic (exact) mass is 346 g/mol. The molecule has 1 aromatic rings. The predicted molar refractivity (Wildman–Crippen MR) is 93.6 cm³/mol. The van der Waals surface area contributed by atoms with Gasteiger partial charge in [-0.25, -0.2) is 4.79 Å². The molecular formula is C19H26N2O4. The number of fused-ring (bicyclic) bond motifs is 2. The van der Waals surface area contributed by atoms with Crippen molar-refractivity contribution in [2.24, 2.45) is 0 Å². The number of piperazine rings is 1. The van der Waals surface area contributed by atoms with Gasteiger partial charge in [-0.15, -0.1) is 0 Å². The highest BCUT2D eigenvalue weighted by atomic mass is 16.7. The molecule has 0 spiro atoms. The van der Waals surface area contributed by atoms with Crippen LogP contribution < -0.4 is 4.90 Å². The molecule has 2 bridgehead atoms. The third kappa shape index (κ3) is 3.33. The van der Waals surface area contributed by atoms with E-state index in [0.717, 1.165) is 25.1 Å². The van der Waals surface area contributed by atoms with Gasteiger partial charge in [-0.3, -0.25) is 0 Å². The predicted octanol–water partition coefficient (Wildman–Crippen LogP) is 2.93. The fourth-order valence-corrected chi connectivity index (χ4v) is 3.93. The summed E-state index contributed by atoms with van der Waals surface area (Å²) in [6.07, 6.45) is 0.555. The van der Waals surface area contributed by atoms with Crippen molar-refractivity contribution in [1.29, 1.82) is 0 Å². The van der Waals surface area contributed by atoms with Crippen LogP contribution in [-0.4, -0.2) is 55.0 Å². The third-order valence-electron chi connectivity index (χ3n) is 4.96. The van der Waals surface area contributed by atoms with Crippen molar-refractivity contribution in [3.8, 4) is 0 Å². The molecule has 2 atom stereocenters. The van der Waals surface area contributed by atoms with E-state index in [4.69, 9.17) is 14.2 Å². The molecule has 0 radical (unpaired) electrons. The van der Waals surface area contributed by atoms with Crippen LogP contribution in [0.3, 0.4) is 0 Å². The van der Waals surface area contributed by atoms with Gasteiger partial charge in [-0.1, -0.05) is 12.1 Å². The highest BCUT2D eigenvalue weighted by Gasteiger charge is 2.46. The normalized spacial score (nSPS) is 26.5. The molecule has 6 nitrogen and oxygen atoms in total. The van der Waals surface area contributed by atoms with Gasteiger partial charge in [0.1, 0.15) is 5.60 Å². The van der Waals surface area contributed by atoms with Crippen molar-refractivity contribution in [2.75, 3.05) is 31.2 Å². The van der Waals surface area contributed by atoms with Gasteiger partial charge in [0.05, 0.1) is 19.3 Å². The Bertz CT molecular complexity index is 651. The number of nitrogens with zero attached hydrogens (tertiary/aromatic N) is 2. The third-order valence-corrected chi connectivity index (χ3v) is 4.96. The fraction of sp³-hybridized carbons (Fsp3) is 0.632. The smallest absolute Gasteiger partial charge is 0.410 e. The number of anilines is 1. The van der Waals surface area contributed by atoms with Crippen LogP contribution in [0.15, 0.2) is 24.3 Å². The molecule has 3 aliphatic heterocycles. The molecular weight excluding hydrogens is 320 g/mol. The molecule has 6 heteroatoms. The maximum absolute atomic E-state index is 12.4. The second-order valence-corrected chi connectivity index (χ2v) is 8.00. The second-order valence-electron chi connectivity index (χ2n) is 8.00. The minimum atomic E-state index is -0.450. The zero-order valence-electron chi connectivity index (χ0n) is 15.1. The molecule has 1 amide bonds. The minimum absolute atomic E-state index is 0.193. The number of hydrogen-bond donors (Lipinski definition) is 0. The van der Waals surface area contributed by atoms with Crippen LogP contribution in [0.1, 0.15) is 39.0 Å². The largest absolute Gasteiger partial charge is 0.444 e. The Labute approximate surface area is 148 Å². The van der Waals surface area contributed by atoms with Crippen LogP contribution >= 0.6 is 0 Å². The SMILES string of the molecule is CC(C)(C)OC(=O)N1C[C@@H]2C[C@H]1CN2c1cccc(C2OCCO2)c1. The quantitative estimate of drug-likeness (QED) is 0.824. The molecule has 136 valence electrons. The first-order chi connectivity index (χ1) is 11.9. The molecule has 0 aliphatic carbocycles. The van der Waals surface area contributed by atoms with E-state index in [-0.39, 0.29) is 18.4 Å². The molecule has 3 heterocycles. The number of likely N-dealkylation sites (tertiary alicyclic amines) is 1. The fourth-order valence-electron chi connectivity index (χ4n) is 3.93. The van der Waals surface area contributed by atoms with Crippen LogP contribution in [-0.2, 0) is 14.2 Å².